The predicted octanol–water partition coefficient (Wildman–Crippen LogP) is 2.92. The molecule has 1 aliphatic rings. The number of amides is 2. The quantitative estimate of drug-likeness (QED) is 0.876. The molecule has 1 heterocycles. The van der Waals surface area contributed by atoms with E-state index in [0.29, 0.717) is 35.8 Å². The van der Waals surface area contributed by atoms with Gasteiger partial charge in [0.15, 0.2) is 6.61 Å². The minimum atomic E-state index is -0.166. The van der Waals surface area contributed by atoms with Gasteiger partial charge in [0.1, 0.15) is 5.75 Å². The number of ether oxygens (including phenoxy) is 1. The maximum atomic E-state index is 12.0. The Morgan fingerprint density at radius 1 is 1.17 bits per heavy atom. The van der Waals surface area contributed by atoms with Crippen LogP contribution in [0.4, 0.5) is 5.69 Å². The number of hydrogen-bond donors (Lipinski definition) is 2. The molecule has 0 aliphatic carbocycles. The molecule has 1 aliphatic heterocycles. The molecule has 2 aromatic carbocycles. The topological polar surface area (TPSA) is 67.4 Å². The summed E-state index contributed by atoms with van der Waals surface area (Å²) in [7, 11) is 0. The van der Waals surface area contributed by atoms with Crippen LogP contribution in [-0.2, 0) is 22.6 Å². The Hall–Kier alpha value is -2.53. The summed E-state index contributed by atoms with van der Waals surface area (Å²) in [5, 5.41) is 6.32. The lowest BCUT2D eigenvalue weighted by atomic mass is 10.1. The predicted molar refractivity (Wildman–Crippen MR) is 92.2 cm³/mol. The van der Waals surface area contributed by atoms with Gasteiger partial charge >= 0.3 is 0 Å². The Labute approximate surface area is 145 Å². The maximum Gasteiger partial charge on any atom is 0.262 e. The van der Waals surface area contributed by atoms with Crippen molar-refractivity contribution in [2.75, 3.05) is 11.9 Å². The van der Waals surface area contributed by atoms with Crippen molar-refractivity contribution in [3.05, 3.63) is 58.6 Å². The number of nitrogens with one attached hydrogen (secondary N) is 2. The second kappa shape index (κ2) is 7.36. The van der Waals surface area contributed by atoms with Crippen LogP contribution in [0.25, 0.3) is 0 Å². The first-order valence-electron chi connectivity index (χ1n) is 7.67. The molecule has 2 amide bonds. The van der Waals surface area contributed by atoms with Crippen LogP contribution in [0.2, 0.25) is 5.02 Å². The van der Waals surface area contributed by atoms with Crippen molar-refractivity contribution in [3.8, 4) is 5.75 Å². The van der Waals surface area contributed by atoms with Crippen molar-refractivity contribution < 1.29 is 14.3 Å². The van der Waals surface area contributed by atoms with Gasteiger partial charge in [-0.2, -0.15) is 0 Å². The minimum absolute atomic E-state index is 0.0250. The van der Waals surface area contributed by atoms with Gasteiger partial charge in [0.25, 0.3) is 5.91 Å². The Morgan fingerprint density at radius 2 is 1.92 bits per heavy atom. The fourth-order valence-electron chi connectivity index (χ4n) is 2.43. The zero-order valence-corrected chi connectivity index (χ0v) is 13.7. The van der Waals surface area contributed by atoms with E-state index in [9.17, 15) is 9.59 Å². The van der Waals surface area contributed by atoms with Crippen LogP contribution in [0.1, 0.15) is 17.5 Å². The Morgan fingerprint density at radius 3 is 2.71 bits per heavy atom. The fourth-order valence-corrected chi connectivity index (χ4v) is 2.56. The number of rotatable bonds is 5. The average Bonchev–Trinajstić information content (AvgIpc) is 2.59. The van der Waals surface area contributed by atoms with Crippen LogP contribution < -0.4 is 15.4 Å². The maximum absolute atomic E-state index is 12.0. The zero-order valence-electron chi connectivity index (χ0n) is 13.0. The molecule has 2 N–H and O–H groups in total. The molecule has 6 heteroatoms. The Balaban J connectivity index is 1.50. The van der Waals surface area contributed by atoms with Crippen molar-refractivity contribution in [2.24, 2.45) is 0 Å². The van der Waals surface area contributed by atoms with Crippen LogP contribution in [0.5, 0.6) is 5.75 Å². The van der Waals surface area contributed by atoms with E-state index in [0.717, 1.165) is 11.1 Å². The molecule has 0 atom stereocenters. The summed E-state index contributed by atoms with van der Waals surface area (Å²) >= 11 is 5.83. The standard InChI is InChI=1S/C18H17ClN2O3/c19-14-5-1-13(2-6-14)10-20-17(22)8-4-12-3-7-16-15(9-12)21-18(23)11-24-16/h1-3,5-7,9H,4,8,10-11H2,(H,20,22)(H,21,23). The number of aryl methyl sites for hydroxylation is 1. The smallest absolute Gasteiger partial charge is 0.262 e. The van der Waals surface area contributed by atoms with Gasteiger partial charge in [-0.1, -0.05) is 29.8 Å². The molecule has 0 aromatic heterocycles. The van der Waals surface area contributed by atoms with Gasteiger partial charge in [-0.05, 0) is 41.8 Å². The number of hydrogen-bond acceptors (Lipinski definition) is 3. The molecule has 124 valence electrons. The summed E-state index contributed by atoms with van der Waals surface area (Å²) in [5.41, 5.74) is 2.63. The summed E-state index contributed by atoms with van der Waals surface area (Å²) in [6.07, 6.45) is 0.969. The van der Waals surface area contributed by atoms with Crippen LogP contribution in [-0.4, -0.2) is 18.4 Å². The van der Waals surface area contributed by atoms with E-state index >= 15 is 0 Å². The summed E-state index contributed by atoms with van der Waals surface area (Å²) in [6, 6.07) is 12.9. The van der Waals surface area contributed by atoms with Crippen LogP contribution in [0, 0.1) is 0 Å². The Kier molecular flexibility index (Phi) is 5.01. The molecule has 5 nitrogen and oxygen atoms in total. The van der Waals surface area contributed by atoms with Crippen LogP contribution in [0.3, 0.4) is 0 Å². The summed E-state index contributed by atoms with van der Waals surface area (Å²) in [5.74, 6) is 0.467. The molecule has 2 aromatic rings. The van der Waals surface area contributed by atoms with E-state index in [1.807, 2.05) is 30.3 Å². The largest absolute Gasteiger partial charge is 0.482 e. The summed E-state index contributed by atoms with van der Waals surface area (Å²) < 4.78 is 5.31. The third-order valence-corrected chi connectivity index (χ3v) is 3.97. The molecule has 24 heavy (non-hydrogen) atoms. The van der Waals surface area contributed by atoms with Crippen molar-refractivity contribution in [2.45, 2.75) is 19.4 Å². The molecular weight excluding hydrogens is 328 g/mol. The van der Waals surface area contributed by atoms with Gasteiger partial charge < -0.3 is 15.4 Å². The van der Waals surface area contributed by atoms with Crippen molar-refractivity contribution in [1.82, 2.24) is 5.32 Å². The lowest BCUT2D eigenvalue weighted by molar-refractivity contribution is -0.121. The number of carbonyl (C=O) groups excluding carboxylic acids is 2. The van der Waals surface area contributed by atoms with E-state index in [4.69, 9.17) is 16.3 Å². The third kappa shape index (κ3) is 4.26. The van der Waals surface area contributed by atoms with Gasteiger partial charge in [-0.3, -0.25) is 9.59 Å². The first kappa shape index (κ1) is 16.3. The SMILES string of the molecule is O=C(CCc1ccc2c(c1)NC(=O)CO2)NCc1ccc(Cl)cc1. The lowest BCUT2D eigenvalue weighted by Crippen LogP contribution is -2.25. The second-order valence-electron chi connectivity index (χ2n) is 5.57. The normalized spacial score (nSPS) is 12.8. The van der Waals surface area contributed by atoms with Gasteiger partial charge in [-0.15, -0.1) is 0 Å². The van der Waals surface area contributed by atoms with Gasteiger partial charge in [0.2, 0.25) is 5.91 Å². The molecule has 3 rings (SSSR count). The molecule has 0 unspecified atom stereocenters. The van der Waals surface area contributed by atoms with E-state index in [2.05, 4.69) is 10.6 Å². The lowest BCUT2D eigenvalue weighted by Gasteiger charge is -2.18. The number of fused-ring (bicyclic) bond motifs is 1. The van der Waals surface area contributed by atoms with E-state index in [-0.39, 0.29) is 18.4 Å². The average molecular weight is 345 g/mol. The zero-order chi connectivity index (χ0) is 16.9. The first-order valence-corrected chi connectivity index (χ1v) is 8.05. The molecule has 0 bridgehead atoms. The molecule has 0 fully saturated rings. The summed E-state index contributed by atoms with van der Waals surface area (Å²) in [6.45, 7) is 0.517. The molecular formula is C18H17ClN2O3. The third-order valence-electron chi connectivity index (χ3n) is 3.72. The van der Waals surface area contributed by atoms with Gasteiger partial charge in [-0.25, -0.2) is 0 Å². The van der Waals surface area contributed by atoms with E-state index in [1.165, 1.54) is 0 Å². The van der Waals surface area contributed by atoms with Crippen molar-refractivity contribution in [1.29, 1.82) is 0 Å². The molecule has 0 saturated heterocycles. The van der Waals surface area contributed by atoms with E-state index < -0.39 is 0 Å². The number of halogens is 1. The number of anilines is 1. The van der Waals surface area contributed by atoms with Gasteiger partial charge in [0.05, 0.1) is 5.69 Å². The minimum Gasteiger partial charge on any atom is -0.482 e. The molecule has 0 spiro atoms. The highest BCUT2D eigenvalue weighted by atomic mass is 35.5. The second-order valence-corrected chi connectivity index (χ2v) is 6.01. The van der Waals surface area contributed by atoms with E-state index in [1.54, 1.807) is 12.1 Å². The first-order chi connectivity index (χ1) is 11.6. The van der Waals surface area contributed by atoms with Crippen LogP contribution >= 0.6 is 11.6 Å². The van der Waals surface area contributed by atoms with Crippen molar-refractivity contribution >= 4 is 29.1 Å². The highest BCUT2D eigenvalue weighted by molar-refractivity contribution is 6.30. The summed E-state index contributed by atoms with van der Waals surface area (Å²) in [4.78, 5) is 23.3. The highest BCUT2D eigenvalue weighted by Gasteiger charge is 2.16. The molecule has 0 radical (unpaired) electrons. The number of carbonyl (C=O) groups is 2. The van der Waals surface area contributed by atoms with Crippen LogP contribution in [0.15, 0.2) is 42.5 Å². The highest BCUT2D eigenvalue weighted by Crippen LogP contribution is 2.28. The monoisotopic (exact) mass is 344 g/mol. The molecule has 0 saturated carbocycles. The number of benzene rings is 2. The van der Waals surface area contributed by atoms with Crippen molar-refractivity contribution in [3.63, 3.8) is 0 Å². The van der Waals surface area contributed by atoms with Gasteiger partial charge in [0, 0.05) is 18.0 Å². The Bertz CT molecular complexity index is 759. The fraction of sp³-hybridized carbons (Fsp3) is 0.222.